The summed E-state index contributed by atoms with van der Waals surface area (Å²) in [7, 11) is 0. The predicted octanol–water partition coefficient (Wildman–Crippen LogP) is 0.417. The highest BCUT2D eigenvalue weighted by Crippen LogP contribution is 2.21. The second kappa shape index (κ2) is 4.55. The Morgan fingerprint density at radius 3 is 1.78 bits per heavy atom. The highest BCUT2D eigenvalue weighted by Gasteiger charge is 2.19. The van der Waals surface area contributed by atoms with Gasteiger partial charge in [0.05, 0.1) is 0 Å². The fraction of sp³-hybridized carbons (Fsp3) is 1.00. The highest BCUT2D eigenvalue weighted by molar-refractivity contribution is 6.67. The van der Waals surface area contributed by atoms with Gasteiger partial charge in [0.15, 0.2) is 0 Å². The van der Waals surface area contributed by atoms with Crippen molar-refractivity contribution in [3.63, 3.8) is 0 Å². The van der Waals surface area contributed by atoms with E-state index in [0.29, 0.717) is 0 Å². The Hall–Kier alpha value is 0.750. The molecule has 0 aliphatic rings. The van der Waals surface area contributed by atoms with Crippen LogP contribution < -0.4 is 5.32 Å². The predicted molar refractivity (Wildman–Crippen MR) is 38.7 cm³/mol. The topological polar surface area (TPSA) is 63.8 Å². The van der Waals surface area contributed by atoms with Crippen molar-refractivity contribution >= 4 is 34.8 Å². The van der Waals surface area contributed by atoms with Gasteiger partial charge < -0.3 is 10.6 Å². The van der Waals surface area contributed by atoms with Crippen molar-refractivity contribution < 1.29 is 10.6 Å². The fourth-order valence-electron chi connectivity index (χ4n) is 0.237. The van der Waals surface area contributed by atoms with Crippen molar-refractivity contribution in [2.75, 3.05) is 0 Å². The maximum Gasteiger partial charge on any atom is 0.247 e. The van der Waals surface area contributed by atoms with Crippen LogP contribution in [-0.2, 0) is 0 Å². The van der Waals surface area contributed by atoms with Crippen LogP contribution in [0.2, 0.25) is 0 Å². The molecule has 0 aromatic carbocycles. The molecule has 0 heterocycles. The minimum atomic E-state index is -1.56. The fourth-order valence-corrected chi connectivity index (χ4v) is 0.711. The smallest absolute Gasteiger partial charge is 0.247 e. The molecule has 0 aliphatic carbocycles. The first-order valence-corrected chi connectivity index (χ1v) is 3.08. The first-order chi connectivity index (χ1) is 3.42. The Bertz CT molecular complexity index is 71.9. The van der Waals surface area contributed by atoms with E-state index in [1.807, 2.05) is 0 Å². The minimum Gasteiger partial charge on any atom is -0.412 e. The standard InChI is InChI=1S/C3H6Cl3NO.H2O/c1-2(8)7-3(4,5)6;/h2,7-8H,1H3;1H2. The maximum absolute atomic E-state index is 8.52. The molecule has 58 valence electrons. The molecule has 0 aliphatic heterocycles. The van der Waals surface area contributed by atoms with E-state index in [1.54, 1.807) is 0 Å². The van der Waals surface area contributed by atoms with Crippen LogP contribution in [0.3, 0.4) is 0 Å². The zero-order chi connectivity index (χ0) is 6.78. The molecule has 0 saturated heterocycles. The Kier molecular flexibility index (Phi) is 6.28. The zero-order valence-corrected chi connectivity index (χ0v) is 6.93. The van der Waals surface area contributed by atoms with E-state index in [-0.39, 0.29) is 5.48 Å². The number of aliphatic hydroxyl groups is 1. The summed E-state index contributed by atoms with van der Waals surface area (Å²) < 4.78 is -1.56. The summed E-state index contributed by atoms with van der Waals surface area (Å²) in [5.74, 6) is 0. The van der Waals surface area contributed by atoms with Crippen LogP contribution in [0.4, 0.5) is 0 Å². The Labute approximate surface area is 68.2 Å². The lowest BCUT2D eigenvalue weighted by molar-refractivity contribution is 0.156. The summed E-state index contributed by atoms with van der Waals surface area (Å²) in [5.41, 5.74) is 0. The van der Waals surface area contributed by atoms with Gasteiger partial charge in [-0.15, -0.1) is 0 Å². The lowest BCUT2D eigenvalue weighted by Gasteiger charge is -2.14. The third kappa shape index (κ3) is 12.1. The second-order valence-electron chi connectivity index (χ2n) is 1.32. The average Bonchev–Trinajstić information content (AvgIpc) is 1.21. The van der Waals surface area contributed by atoms with Crippen LogP contribution >= 0.6 is 34.8 Å². The molecule has 0 aromatic heterocycles. The lowest BCUT2D eigenvalue weighted by Crippen LogP contribution is -2.35. The van der Waals surface area contributed by atoms with Crippen molar-refractivity contribution in [1.29, 1.82) is 0 Å². The quantitative estimate of drug-likeness (QED) is 0.363. The average molecular weight is 196 g/mol. The molecule has 3 nitrogen and oxygen atoms in total. The van der Waals surface area contributed by atoms with E-state index in [1.165, 1.54) is 6.92 Å². The first-order valence-electron chi connectivity index (χ1n) is 1.94. The molecule has 9 heavy (non-hydrogen) atoms. The van der Waals surface area contributed by atoms with Gasteiger partial charge >= 0.3 is 0 Å². The van der Waals surface area contributed by atoms with Crippen LogP contribution in [-0.4, -0.2) is 20.7 Å². The number of aliphatic hydroxyl groups excluding tert-OH is 1. The summed E-state index contributed by atoms with van der Waals surface area (Å²) in [6.07, 6.45) is -0.803. The van der Waals surface area contributed by atoms with Gasteiger partial charge in [0, 0.05) is 0 Å². The molecule has 1 unspecified atom stereocenters. The summed E-state index contributed by atoms with van der Waals surface area (Å²) in [5, 5.41) is 10.8. The zero-order valence-electron chi connectivity index (χ0n) is 4.66. The normalized spacial score (nSPS) is 14.3. The molecule has 0 aromatic rings. The van der Waals surface area contributed by atoms with Gasteiger partial charge in [-0.2, -0.15) is 0 Å². The lowest BCUT2D eigenvalue weighted by atomic mass is 10.7. The van der Waals surface area contributed by atoms with Gasteiger partial charge in [0.25, 0.3) is 0 Å². The van der Waals surface area contributed by atoms with Crippen molar-refractivity contribution in [3.05, 3.63) is 0 Å². The minimum absolute atomic E-state index is 0. The number of alkyl halides is 3. The van der Waals surface area contributed by atoms with Gasteiger partial charge in [0.1, 0.15) is 6.23 Å². The van der Waals surface area contributed by atoms with E-state index in [9.17, 15) is 0 Å². The van der Waals surface area contributed by atoms with Crippen LogP contribution in [0.15, 0.2) is 0 Å². The third-order valence-corrected chi connectivity index (χ3v) is 0.700. The Balaban J connectivity index is 0. The van der Waals surface area contributed by atoms with Gasteiger partial charge in [-0.3, -0.25) is 0 Å². The molecule has 4 N–H and O–H groups in total. The van der Waals surface area contributed by atoms with Crippen LogP contribution in [0, 0.1) is 0 Å². The summed E-state index contributed by atoms with van der Waals surface area (Å²) in [4.78, 5) is 0. The molecular formula is C3H8Cl3NO2. The van der Waals surface area contributed by atoms with Gasteiger partial charge in [-0.25, -0.2) is 5.32 Å². The maximum atomic E-state index is 8.52. The van der Waals surface area contributed by atoms with Crippen LogP contribution in [0.25, 0.3) is 0 Å². The van der Waals surface area contributed by atoms with E-state index < -0.39 is 10.1 Å². The first kappa shape index (κ1) is 12.4. The SMILES string of the molecule is CC(O)NC(Cl)(Cl)Cl.O. The Morgan fingerprint density at radius 2 is 1.78 bits per heavy atom. The van der Waals surface area contributed by atoms with Gasteiger partial charge in [0.2, 0.25) is 3.92 Å². The molecule has 0 rings (SSSR count). The number of hydrogen-bond acceptors (Lipinski definition) is 2. The Morgan fingerprint density at radius 1 is 1.44 bits per heavy atom. The summed E-state index contributed by atoms with van der Waals surface area (Å²) in [6, 6.07) is 0. The van der Waals surface area contributed by atoms with E-state index in [2.05, 4.69) is 5.32 Å². The number of nitrogens with one attached hydrogen (secondary N) is 1. The molecule has 1 atom stereocenters. The molecule has 0 bridgehead atoms. The number of hydrogen-bond donors (Lipinski definition) is 2. The van der Waals surface area contributed by atoms with Crippen molar-refractivity contribution in [1.82, 2.24) is 5.32 Å². The van der Waals surface area contributed by atoms with E-state index in [4.69, 9.17) is 39.9 Å². The molecule has 0 radical (unpaired) electrons. The van der Waals surface area contributed by atoms with E-state index in [0.717, 1.165) is 0 Å². The van der Waals surface area contributed by atoms with Crippen molar-refractivity contribution in [2.45, 2.75) is 17.1 Å². The molecule has 0 amide bonds. The summed E-state index contributed by atoms with van der Waals surface area (Å²) in [6.45, 7) is 1.46. The molecular weight excluding hydrogens is 188 g/mol. The molecule has 0 fully saturated rings. The largest absolute Gasteiger partial charge is 0.412 e. The number of rotatable bonds is 1. The third-order valence-electron chi connectivity index (χ3n) is 0.373. The van der Waals surface area contributed by atoms with Crippen LogP contribution in [0.1, 0.15) is 6.92 Å². The van der Waals surface area contributed by atoms with E-state index >= 15 is 0 Å². The van der Waals surface area contributed by atoms with Crippen molar-refractivity contribution in [3.8, 4) is 0 Å². The van der Waals surface area contributed by atoms with Crippen LogP contribution in [0.5, 0.6) is 0 Å². The van der Waals surface area contributed by atoms with Gasteiger partial charge in [-0.05, 0) is 6.92 Å². The summed E-state index contributed by atoms with van der Waals surface area (Å²) >= 11 is 15.6. The van der Waals surface area contributed by atoms with Gasteiger partial charge in [-0.1, -0.05) is 34.8 Å². The monoisotopic (exact) mass is 195 g/mol. The molecule has 6 heteroatoms. The number of halogens is 3. The highest BCUT2D eigenvalue weighted by atomic mass is 35.6. The molecule has 0 spiro atoms. The molecule has 0 saturated carbocycles. The second-order valence-corrected chi connectivity index (χ2v) is 3.60. The van der Waals surface area contributed by atoms with Crippen molar-refractivity contribution in [2.24, 2.45) is 0 Å².